The third-order valence-electron chi connectivity index (χ3n) is 5.69. The largest absolute Gasteiger partial charge is 0.324 e. The molecule has 0 heterocycles. The molecule has 0 aliphatic rings. The van der Waals surface area contributed by atoms with Crippen LogP contribution in [0.3, 0.4) is 0 Å². The van der Waals surface area contributed by atoms with E-state index >= 15 is 0 Å². The molecular formula is C25H28ClN3O5S2. The van der Waals surface area contributed by atoms with Crippen LogP contribution in [0.25, 0.3) is 0 Å². The lowest BCUT2D eigenvalue weighted by Gasteiger charge is -2.28. The molecule has 3 rings (SSSR count). The zero-order valence-electron chi connectivity index (χ0n) is 20.5. The number of carbonyl (C=O) groups is 1. The molecule has 3 aromatic rings. The van der Waals surface area contributed by atoms with Crippen LogP contribution in [0.2, 0.25) is 5.02 Å². The second-order valence-corrected chi connectivity index (χ2v) is 12.5. The van der Waals surface area contributed by atoms with Gasteiger partial charge in [-0.05, 0) is 92.9 Å². The number of nitrogens with one attached hydrogen (secondary N) is 2. The molecule has 0 spiro atoms. The van der Waals surface area contributed by atoms with Crippen molar-refractivity contribution in [1.29, 1.82) is 0 Å². The van der Waals surface area contributed by atoms with Crippen molar-refractivity contribution in [3.8, 4) is 0 Å². The molecular weight excluding hydrogens is 522 g/mol. The Morgan fingerprint density at radius 1 is 0.833 bits per heavy atom. The van der Waals surface area contributed by atoms with Gasteiger partial charge in [0.05, 0.1) is 22.5 Å². The van der Waals surface area contributed by atoms with Crippen molar-refractivity contribution >= 4 is 54.6 Å². The van der Waals surface area contributed by atoms with Crippen LogP contribution in [0.15, 0.2) is 65.6 Å². The minimum absolute atomic E-state index is 0.0156. The maximum atomic E-state index is 12.9. The van der Waals surface area contributed by atoms with E-state index in [9.17, 15) is 21.6 Å². The van der Waals surface area contributed by atoms with Crippen molar-refractivity contribution in [2.75, 3.05) is 20.6 Å². The minimum atomic E-state index is -3.89. The quantitative estimate of drug-likeness (QED) is 0.416. The van der Waals surface area contributed by atoms with Gasteiger partial charge in [0.25, 0.3) is 10.0 Å². The zero-order chi connectivity index (χ0) is 26.8. The maximum Gasteiger partial charge on any atom is 0.261 e. The molecule has 1 amide bonds. The van der Waals surface area contributed by atoms with Gasteiger partial charge in [-0.2, -0.15) is 0 Å². The Labute approximate surface area is 217 Å². The van der Waals surface area contributed by atoms with Crippen LogP contribution in [0.1, 0.15) is 23.6 Å². The highest BCUT2D eigenvalue weighted by atomic mass is 35.5. The standard InChI is InChI=1S/C25H28ClN3O5S2/c1-16-7-11-22(14-18(16)3)29(35(5,31)32)19(4)25(30)27-20-9-12-23(13-10-20)36(33,34)28-21-8-6-17(2)24(26)15-21/h6-15,19,28H,1-5H3,(H,27,30)/t19-/m1/s1. The monoisotopic (exact) mass is 549 g/mol. The Morgan fingerprint density at radius 2 is 1.42 bits per heavy atom. The average molecular weight is 550 g/mol. The number of aryl methyl sites for hydroxylation is 3. The number of nitrogens with zero attached hydrogens (tertiary/aromatic N) is 1. The third kappa shape index (κ3) is 6.37. The van der Waals surface area contributed by atoms with Gasteiger partial charge >= 0.3 is 0 Å². The number of benzene rings is 3. The van der Waals surface area contributed by atoms with Crippen LogP contribution in [0.5, 0.6) is 0 Å². The SMILES string of the molecule is Cc1ccc(N([C@H](C)C(=O)Nc2ccc(S(=O)(=O)Nc3ccc(C)c(Cl)c3)cc2)S(C)(=O)=O)cc1C. The summed E-state index contributed by atoms with van der Waals surface area (Å²) in [6.07, 6.45) is 1.04. The van der Waals surface area contributed by atoms with E-state index in [1.54, 1.807) is 30.3 Å². The van der Waals surface area contributed by atoms with Gasteiger partial charge in [0.1, 0.15) is 6.04 Å². The number of rotatable bonds is 8. The topological polar surface area (TPSA) is 113 Å². The summed E-state index contributed by atoms with van der Waals surface area (Å²) in [5, 5.41) is 3.09. The van der Waals surface area contributed by atoms with E-state index in [0.717, 1.165) is 27.3 Å². The number of sulfonamides is 2. The van der Waals surface area contributed by atoms with E-state index in [2.05, 4.69) is 10.0 Å². The predicted molar refractivity (Wildman–Crippen MR) is 145 cm³/mol. The van der Waals surface area contributed by atoms with Crippen molar-refractivity contribution in [3.05, 3.63) is 82.4 Å². The number of carbonyl (C=O) groups excluding carboxylic acids is 1. The Kier molecular flexibility index (Phi) is 8.02. The van der Waals surface area contributed by atoms with E-state index in [4.69, 9.17) is 11.6 Å². The summed E-state index contributed by atoms with van der Waals surface area (Å²) in [6, 6.07) is 14.5. The van der Waals surface area contributed by atoms with E-state index in [0.29, 0.717) is 22.1 Å². The second kappa shape index (κ2) is 10.5. The number of halogens is 1. The number of amides is 1. The van der Waals surface area contributed by atoms with Crippen LogP contribution in [0.4, 0.5) is 17.1 Å². The van der Waals surface area contributed by atoms with Crippen LogP contribution in [-0.2, 0) is 24.8 Å². The third-order valence-corrected chi connectivity index (χ3v) is 8.74. The Hall–Kier alpha value is -3.08. The summed E-state index contributed by atoms with van der Waals surface area (Å²) in [4.78, 5) is 12.9. The first-order chi connectivity index (χ1) is 16.7. The summed E-state index contributed by atoms with van der Waals surface area (Å²) in [6.45, 7) is 7.07. The molecule has 0 aliphatic carbocycles. The average Bonchev–Trinajstić information content (AvgIpc) is 2.78. The van der Waals surface area contributed by atoms with E-state index in [-0.39, 0.29) is 4.90 Å². The molecule has 0 aromatic heterocycles. The van der Waals surface area contributed by atoms with Crippen molar-refractivity contribution in [2.45, 2.75) is 38.6 Å². The lowest BCUT2D eigenvalue weighted by Crippen LogP contribution is -2.45. The number of hydrogen-bond donors (Lipinski definition) is 2. The highest BCUT2D eigenvalue weighted by Gasteiger charge is 2.29. The van der Waals surface area contributed by atoms with Gasteiger partial charge in [-0.25, -0.2) is 16.8 Å². The van der Waals surface area contributed by atoms with Crippen LogP contribution >= 0.6 is 11.6 Å². The van der Waals surface area contributed by atoms with Crippen molar-refractivity contribution < 1.29 is 21.6 Å². The molecule has 0 fully saturated rings. The van der Waals surface area contributed by atoms with Crippen molar-refractivity contribution in [1.82, 2.24) is 0 Å². The lowest BCUT2D eigenvalue weighted by molar-refractivity contribution is -0.116. The molecule has 3 aromatic carbocycles. The predicted octanol–water partition coefficient (Wildman–Crippen LogP) is 4.86. The van der Waals surface area contributed by atoms with Gasteiger partial charge < -0.3 is 5.32 Å². The van der Waals surface area contributed by atoms with Gasteiger partial charge in [-0.3, -0.25) is 13.8 Å². The minimum Gasteiger partial charge on any atom is -0.324 e. The van der Waals surface area contributed by atoms with Gasteiger partial charge in [0.15, 0.2) is 0 Å². The first kappa shape index (κ1) is 27.5. The highest BCUT2D eigenvalue weighted by Crippen LogP contribution is 2.26. The first-order valence-electron chi connectivity index (χ1n) is 11.0. The normalized spacial score (nSPS) is 12.6. The Bertz CT molecular complexity index is 1510. The van der Waals surface area contributed by atoms with Crippen LogP contribution < -0.4 is 14.3 Å². The molecule has 0 bridgehead atoms. The molecule has 0 saturated heterocycles. The molecule has 0 saturated carbocycles. The molecule has 11 heteroatoms. The Morgan fingerprint density at radius 3 is 1.97 bits per heavy atom. The van der Waals surface area contributed by atoms with Crippen molar-refractivity contribution in [2.24, 2.45) is 0 Å². The van der Waals surface area contributed by atoms with Gasteiger partial charge in [0.2, 0.25) is 15.9 Å². The zero-order valence-corrected chi connectivity index (χ0v) is 22.9. The van der Waals surface area contributed by atoms with E-state index in [1.165, 1.54) is 37.3 Å². The smallest absolute Gasteiger partial charge is 0.261 e. The van der Waals surface area contributed by atoms with Gasteiger partial charge in [0, 0.05) is 10.7 Å². The molecule has 2 N–H and O–H groups in total. The number of anilines is 3. The molecule has 1 atom stereocenters. The van der Waals surface area contributed by atoms with E-state index < -0.39 is 32.0 Å². The molecule has 0 unspecified atom stereocenters. The van der Waals surface area contributed by atoms with Crippen LogP contribution in [0, 0.1) is 20.8 Å². The fourth-order valence-electron chi connectivity index (χ4n) is 3.51. The molecule has 8 nitrogen and oxygen atoms in total. The van der Waals surface area contributed by atoms with Gasteiger partial charge in [-0.15, -0.1) is 0 Å². The van der Waals surface area contributed by atoms with Gasteiger partial charge in [-0.1, -0.05) is 23.7 Å². The molecule has 0 radical (unpaired) electrons. The number of hydrogen-bond acceptors (Lipinski definition) is 5. The first-order valence-corrected chi connectivity index (χ1v) is 14.7. The highest BCUT2D eigenvalue weighted by molar-refractivity contribution is 7.92. The lowest BCUT2D eigenvalue weighted by atomic mass is 10.1. The fraction of sp³-hybridized carbons (Fsp3) is 0.240. The second-order valence-electron chi connectivity index (χ2n) is 8.59. The summed E-state index contributed by atoms with van der Waals surface area (Å²) < 4.78 is 54.1. The Balaban J connectivity index is 1.78. The van der Waals surface area contributed by atoms with Crippen molar-refractivity contribution in [3.63, 3.8) is 0 Å². The summed E-state index contributed by atoms with van der Waals surface area (Å²) in [5.41, 5.74) is 3.74. The molecule has 36 heavy (non-hydrogen) atoms. The van der Waals surface area contributed by atoms with E-state index in [1.807, 2.05) is 20.8 Å². The summed E-state index contributed by atoms with van der Waals surface area (Å²) in [7, 11) is -7.66. The molecule has 0 aliphatic heterocycles. The van der Waals surface area contributed by atoms with Crippen LogP contribution in [-0.4, -0.2) is 35.0 Å². The molecule has 192 valence electrons. The summed E-state index contributed by atoms with van der Waals surface area (Å²) >= 11 is 6.07. The fourth-order valence-corrected chi connectivity index (χ4v) is 5.90. The summed E-state index contributed by atoms with van der Waals surface area (Å²) in [5.74, 6) is -0.568. The maximum absolute atomic E-state index is 12.9.